The van der Waals surface area contributed by atoms with Crippen LogP contribution in [0.4, 0.5) is 4.79 Å². The maximum atomic E-state index is 11.5. The highest BCUT2D eigenvalue weighted by atomic mass is 35.5. The molecule has 0 unspecified atom stereocenters. The Morgan fingerprint density at radius 1 is 1.20 bits per heavy atom. The summed E-state index contributed by atoms with van der Waals surface area (Å²) >= 11 is 7.39. The van der Waals surface area contributed by atoms with Crippen molar-refractivity contribution in [3.63, 3.8) is 0 Å². The molecule has 0 fully saturated rings. The fraction of sp³-hybridized carbons (Fsp3) is 0.214. The maximum absolute atomic E-state index is 11.5. The first-order valence-corrected chi connectivity index (χ1v) is 7.42. The van der Waals surface area contributed by atoms with E-state index in [-0.39, 0.29) is 6.03 Å². The number of urea groups is 1. The molecule has 2 amide bonds. The zero-order valence-corrected chi connectivity index (χ0v) is 12.3. The van der Waals surface area contributed by atoms with Gasteiger partial charge in [-0.25, -0.2) is 4.79 Å². The third-order valence-corrected chi connectivity index (χ3v) is 3.60. The van der Waals surface area contributed by atoms with Gasteiger partial charge in [0.2, 0.25) is 0 Å². The van der Waals surface area contributed by atoms with Gasteiger partial charge in [0.15, 0.2) is 0 Å². The largest absolute Gasteiger partial charge is 0.492 e. The highest BCUT2D eigenvalue weighted by Gasteiger charge is 2.00. The average Bonchev–Trinajstić information content (AvgIpc) is 2.96. The maximum Gasteiger partial charge on any atom is 0.315 e. The molecule has 0 bridgehead atoms. The third kappa shape index (κ3) is 5.11. The molecule has 0 radical (unpaired) electrons. The predicted molar refractivity (Wildman–Crippen MR) is 81.5 cm³/mol. The summed E-state index contributed by atoms with van der Waals surface area (Å²) in [5, 5.41) is 8.16. The van der Waals surface area contributed by atoms with E-state index in [0.29, 0.717) is 24.7 Å². The minimum Gasteiger partial charge on any atom is -0.492 e. The van der Waals surface area contributed by atoms with Gasteiger partial charge in [-0.05, 0) is 35.7 Å². The average molecular weight is 311 g/mol. The second-order valence-electron chi connectivity index (χ2n) is 3.99. The first kappa shape index (κ1) is 14.7. The molecule has 1 heterocycles. The highest BCUT2D eigenvalue weighted by Crippen LogP contribution is 2.15. The van der Waals surface area contributed by atoms with Gasteiger partial charge in [-0.15, -0.1) is 11.3 Å². The highest BCUT2D eigenvalue weighted by molar-refractivity contribution is 7.09. The molecule has 1 aromatic carbocycles. The van der Waals surface area contributed by atoms with E-state index < -0.39 is 0 Å². The van der Waals surface area contributed by atoms with Crippen molar-refractivity contribution in [2.24, 2.45) is 0 Å². The van der Waals surface area contributed by atoms with Crippen LogP contribution < -0.4 is 15.4 Å². The molecule has 2 N–H and O–H groups in total. The summed E-state index contributed by atoms with van der Waals surface area (Å²) < 4.78 is 5.46. The van der Waals surface area contributed by atoms with Crippen molar-refractivity contribution in [3.8, 4) is 5.75 Å². The van der Waals surface area contributed by atoms with Crippen LogP contribution in [0.1, 0.15) is 4.88 Å². The summed E-state index contributed by atoms with van der Waals surface area (Å²) in [6.07, 6.45) is 0. The first-order chi connectivity index (χ1) is 9.74. The second-order valence-corrected chi connectivity index (χ2v) is 5.46. The van der Waals surface area contributed by atoms with Crippen LogP contribution in [0, 0.1) is 0 Å². The number of hydrogen-bond acceptors (Lipinski definition) is 3. The molecule has 2 rings (SSSR count). The van der Waals surface area contributed by atoms with Gasteiger partial charge in [0.05, 0.1) is 13.1 Å². The van der Waals surface area contributed by atoms with Crippen LogP contribution in [0.25, 0.3) is 0 Å². The zero-order valence-electron chi connectivity index (χ0n) is 10.8. The van der Waals surface area contributed by atoms with E-state index in [1.807, 2.05) is 17.5 Å². The van der Waals surface area contributed by atoms with Crippen LogP contribution >= 0.6 is 22.9 Å². The minimum atomic E-state index is -0.196. The summed E-state index contributed by atoms with van der Waals surface area (Å²) in [6, 6.07) is 10.8. The third-order valence-electron chi connectivity index (χ3n) is 2.47. The fourth-order valence-electron chi connectivity index (χ4n) is 1.51. The number of carbonyl (C=O) groups is 1. The van der Waals surface area contributed by atoms with Gasteiger partial charge in [-0.2, -0.15) is 0 Å². The molecule has 0 spiro atoms. The van der Waals surface area contributed by atoms with E-state index in [4.69, 9.17) is 16.3 Å². The van der Waals surface area contributed by atoms with Gasteiger partial charge in [0, 0.05) is 9.90 Å². The Bertz CT molecular complexity index is 529. The molecule has 1 aromatic heterocycles. The molecule has 0 aliphatic rings. The molecule has 2 aromatic rings. The van der Waals surface area contributed by atoms with Crippen molar-refractivity contribution in [2.75, 3.05) is 13.2 Å². The lowest BCUT2D eigenvalue weighted by Gasteiger charge is -2.08. The number of hydrogen-bond donors (Lipinski definition) is 2. The second kappa shape index (κ2) is 7.77. The van der Waals surface area contributed by atoms with E-state index in [1.165, 1.54) is 0 Å². The molecule has 4 nitrogen and oxygen atoms in total. The number of halogens is 1. The van der Waals surface area contributed by atoms with Crippen molar-refractivity contribution in [1.82, 2.24) is 10.6 Å². The van der Waals surface area contributed by atoms with E-state index in [2.05, 4.69) is 10.6 Å². The van der Waals surface area contributed by atoms with Gasteiger partial charge < -0.3 is 15.4 Å². The molecular formula is C14H15ClN2O2S. The lowest BCUT2D eigenvalue weighted by atomic mass is 10.3. The van der Waals surface area contributed by atoms with E-state index in [9.17, 15) is 4.79 Å². The molecule has 0 atom stereocenters. The lowest BCUT2D eigenvalue weighted by Crippen LogP contribution is -2.37. The molecule has 0 saturated carbocycles. The number of carbonyl (C=O) groups excluding carboxylic acids is 1. The topological polar surface area (TPSA) is 50.4 Å². The Morgan fingerprint density at radius 2 is 2.00 bits per heavy atom. The molecule has 20 heavy (non-hydrogen) atoms. The quantitative estimate of drug-likeness (QED) is 0.805. The number of amides is 2. The Balaban J connectivity index is 1.58. The lowest BCUT2D eigenvalue weighted by molar-refractivity contribution is 0.236. The van der Waals surface area contributed by atoms with Gasteiger partial charge in [-0.1, -0.05) is 17.7 Å². The SMILES string of the molecule is O=C(NCCOc1ccc(Cl)cc1)NCc1cccs1. The van der Waals surface area contributed by atoms with Crippen molar-refractivity contribution in [3.05, 3.63) is 51.7 Å². The number of ether oxygens (including phenoxy) is 1. The van der Waals surface area contributed by atoms with Crippen LogP contribution in [0.3, 0.4) is 0 Å². The number of thiophene rings is 1. The Hall–Kier alpha value is -1.72. The van der Waals surface area contributed by atoms with Gasteiger partial charge in [-0.3, -0.25) is 0 Å². The molecule has 0 saturated heterocycles. The summed E-state index contributed by atoms with van der Waals surface area (Å²) in [4.78, 5) is 12.6. The van der Waals surface area contributed by atoms with Gasteiger partial charge in [0.1, 0.15) is 12.4 Å². The smallest absolute Gasteiger partial charge is 0.315 e. The van der Waals surface area contributed by atoms with Crippen molar-refractivity contribution in [2.45, 2.75) is 6.54 Å². The van der Waals surface area contributed by atoms with Crippen molar-refractivity contribution < 1.29 is 9.53 Å². The predicted octanol–water partition coefficient (Wildman–Crippen LogP) is 3.28. The van der Waals surface area contributed by atoms with E-state index >= 15 is 0 Å². The van der Waals surface area contributed by atoms with Crippen LogP contribution in [0.2, 0.25) is 5.02 Å². The van der Waals surface area contributed by atoms with E-state index in [0.717, 1.165) is 10.6 Å². The van der Waals surface area contributed by atoms with E-state index in [1.54, 1.807) is 35.6 Å². The summed E-state index contributed by atoms with van der Waals surface area (Å²) in [5.41, 5.74) is 0. The minimum absolute atomic E-state index is 0.196. The normalized spacial score (nSPS) is 10.1. The van der Waals surface area contributed by atoms with Crippen LogP contribution in [-0.4, -0.2) is 19.2 Å². The molecule has 0 aliphatic carbocycles. The monoisotopic (exact) mass is 310 g/mol. The van der Waals surface area contributed by atoms with Crippen molar-refractivity contribution >= 4 is 29.0 Å². The summed E-state index contributed by atoms with van der Waals surface area (Å²) in [5.74, 6) is 0.732. The Labute approximate surface area is 126 Å². The summed E-state index contributed by atoms with van der Waals surface area (Å²) in [7, 11) is 0. The van der Waals surface area contributed by atoms with Crippen LogP contribution in [0.15, 0.2) is 41.8 Å². The van der Waals surface area contributed by atoms with Crippen LogP contribution in [-0.2, 0) is 6.54 Å². The Kier molecular flexibility index (Phi) is 5.70. The number of nitrogens with one attached hydrogen (secondary N) is 2. The summed E-state index contributed by atoms with van der Waals surface area (Å²) in [6.45, 7) is 1.40. The first-order valence-electron chi connectivity index (χ1n) is 6.16. The van der Waals surface area contributed by atoms with Gasteiger partial charge in [0.25, 0.3) is 0 Å². The number of benzene rings is 1. The zero-order chi connectivity index (χ0) is 14.2. The Morgan fingerprint density at radius 3 is 2.70 bits per heavy atom. The fourth-order valence-corrected chi connectivity index (χ4v) is 2.28. The van der Waals surface area contributed by atoms with Crippen molar-refractivity contribution in [1.29, 1.82) is 0 Å². The standard InChI is InChI=1S/C14H15ClN2O2S/c15-11-3-5-12(6-4-11)19-8-7-16-14(18)17-10-13-2-1-9-20-13/h1-6,9H,7-8,10H2,(H2,16,17,18). The molecular weight excluding hydrogens is 296 g/mol. The molecule has 106 valence electrons. The van der Waals surface area contributed by atoms with Crippen LogP contribution in [0.5, 0.6) is 5.75 Å². The molecule has 6 heteroatoms. The van der Waals surface area contributed by atoms with Gasteiger partial charge >= 0.3 is 6.03 Å². The number of rotatable bonds is 6. The molecule has 0 aliphatic heterocycles.